The maximum absolute atomic E-state index is 13.0. The molecule has 0 aromatic heterocycles. The van der Waals surface area contributed by atoms with Crippen LogP contribution in [-0.2, 0) is 16.8 Å². The summed E-state index contributed by atoms with van der Waals surface area (Å²) in [5.41, 5.74) is 3.73. The molecule has 0 unspecified atom stereocenters. The summed E-state index contributed by atoms with van der Waals surface area (Å²) < 4.78 is 0. The summed E-state index contributed by atoms with van der Waals surface area (Å²) in [5.74, 6) is -0.171. The van der Waals surface area contributed by atoms with Crippen LogP contribution in [0.3, 0.4) is 0 Å². The molecule has 4 nitrogen and oxygen atoms in total. The maximum atomic E-state index is 13.0. The fraction of sp³-hybridized carbons (Fsp3) is 0.250. The van der Waals surface area contributed by atoms with Gasteiger partial charge in [-0.3, -0.25) is 14.4 Å². The summed E-state index contributed by atoms with van der Waals surface area (Å²) in [6, 6.07) is 22.4. The second-order valence-corrected chi connectivity index (χ2v) is 8.96. The molecule has 0 aliphatic heterocycles. The van der Waals surface area contributed by atoms with Crippen molar-refractivity contribution in [3.63, 3.8) is 0 Å². The average Bonchev–Trinajstić information content (AvgIpc) is 2.81. The Balaban J connectivity index is 1.40. The predicted molar refractivity (Wildman–Crippen MR) is 125 cm³/mol. The van der Waals surface area contributed by atoms with Gasteiger partial charge in [-0.25, -0.2) is 0 Å². The molecule has 4 rings (SSSR count). The van der Waals surface area contributed by atoms with E-state index in [9.17, 15) is 14.4 Å². The van der Waals surface area contributed by atoms with Crippen molar-refractivity contribution in [1.82, 2.24) is 5.32 Å². The van der Waals surface area contributed by atoms with Crippen LogP contribution in [-0.4, -0.2) is 17.5 Å². The number of rotatable bonds is 7. The van der Waals surface area contributed by atoms with Crippen LogP contribution in [0.25, 0.3) is 0 Å². The molecular formula is C28H27NO3. The number of nitrogens with one attached hydrogen (secondary N) is 1. The highest BCUT2D eigenvalue weighted by atomic mass is 16.2. The highest BCUT2D eigenvalue weighted by Gasteiger charge is 2.31. The third-order valence-electron chi connectivity index (χ3n) is 6.24. The van der Waals surface area contributed by atoms with Gasteiger partial charge in [-0.1, -0.05) is 74.5 Å². The zero-order valence-electron chi connectivity index (χ0n) is 18.5. The van der Waals surface area contributed by atoms with Gasteiger partial charge in [0, 0.05) is 35.2 Å². The summed E-state index contributed by atoms with van der Waals surface area (Å²) in [5, 5.41) is 2.96. The number of hydrogen-bond acceptors (Lipinski definition) is 3. The van der Waals surface area contributed by atoms with Crippen molar-refractivity contribution in [1.29, 1.82) is 0 Å². The van der Waals surface area contributed by atoms with Crippen molar-refractivity contribution < 1.29 is 14.4 Å². The SMILES string of the molecule is CC(C)(CCCC(=O)NCc1ccccc1)c1ccc2c(c1)C(=O)c1ccccc1C2=O. The van der Waals surface area contributed by atoms with Crippen LogP contribution in [0.2, 0.25) is 0 Å². The van der Waals surface area contributed by atoms with E-state index in [1.54, 1.807) is 30.3 Å². The molecule has 1 N–H and O–H groups in total. The molecule has 0 saturated heterocycles. The fourth-order valence-corrected chi connectivity index (χ4v) is 4.24. The minimum Gasteiger partial charge on any atom is -0.352 e. The van der Waals surface area contributed by atoms with Gasteiger partial charge in [0.1, 0.15) is 0 Å². The largest absolute Gasteiger partial charge is 0.352 e. The van der Waals surface area contributed by atoms with Gasteiger partial charge in [-0.2, -0.15) is 0 Å². The lowest BCUT2D eigenvalue weighted by atomic mass is 9.76. The van der Waals surface area contributed by atoms with E-state index in [2.05, 4.69) is 19.2 Å². The van der Waals surface area contributed by atoms with Gasteiger partial charge in [-0.15, -0.1) is 0 Å². The Hall–Kier alpha value is -3.53. The Morgan fingerprint density at radius 3 is 2.06 bits per heavy atom. The number of hydrogen-bond donors (Lipinski definition) is 1. The highest BCUT2D eigenvalue weighted by molar-refractivity contribution is 6.28. The Morgan fingerprint density at radius 2 is 1.38 bits per heavy atom. The summed E-state index contributed by atoms with van der Waals surface area (Å²) in [4.78, 5) is 38.1. The summed E-state index contributed by atoms with van der Waals surface area (Å²) in [6.45, 7) is 4.75. The smallest absolute Gasteiger partial charge is 0.220 e. The first-order valence-corrected chi connectivity index (χ1v) is 11.0. The van der Waals surface area contributed by atoms with Crippen LogP contribution in [0, 0.1) is 0 Å². The molecule has 4 heteroatoms. The van der Waals surface area contributed by atoms with E-state index in [0.717, 1.165) is 24.0 Å². The predicted octanol–water partition coefficient (Wildman–Crippen LogP) is 5.23. The fourth-order valence-electron chi connectivity index (χ4n) is 4.24. The number of fused-ring (bicyclic) bond motifs is 2. The summed E-state index contributed by atoms with van der Waals surface area (Å²) in [7, 11) is 0. The van der Waals surface area contributed by atoms with Crippen molar-refractivity contribution >= 4 is 17.5 Å². The zero-order chi connectivity index (χ0) is 22.7. The third-order valence-corrected chi connectivity index (χ3v) is 6.24. The van der Waals surface area contributed by atoms with Gasteiger partial charge in [0.05, 0.1) is 0 Å². The molecule has 1 amide bonds. The lowest BCUT2D eigenvalue weighted by Crippen LogP contribution is -2.25. The molecule has 162 valence electrons. The highest BCUT2D eigenvalue weighted by Crippen LogP contribution is 2.34. The van der Waals surface area contributed by atoms with Gasteiger partial charge in [0.25, 0.3) is 0 Å². The monoisotopic (exact) mass is 425 g/mol. The van der Waals surface area contributed by atoms with Crippen LogP contribution in [0.5, 0.6) is 0 Å². The van der Waals surface area contributed by atoms with Crippen LogP contribution in [0.1, 0.15) is 76.1 Å². The standard InChI is InChI=1S/C28H27NO3/c1-28(2,16-8-13-25(30)29-18-19-9-4-3-5-10-19)20-14-15-23-24(17-20)27(32)22-12-7-6-11-21(22)26(23)31/h3-7,9-12,14-15,17H,8,13,16,18H2,1-2H3,(H,29,30). The Bertz CT molecular complexity index is 1180. The van der Waals surface area contributed by atoms with E-state index in [-0.39, 0.29) is 22.9 Å². The van der Waals surface area contributed by atoms with Crippen LogP contribution in [0.15, 0.2) is 72.8 Å². The van der Waals surface area contributed by atoms with Gasteiger partial charge >= 0.3 is 0 Å². The van der Waals surface area contributed by atoms with E-state index in [4.69, 9.17) is 0 Å². The van der Waals surface area contributed by atoms with E-state index in [0.29, 0.717) is 35.2 Å². The molecule has 0 spiro atoms. The quantitative estimate of drug-likeness (QED) is 0.441. The van der Waals surface area contributed by atoms with Crippen molar-refractivity contribution in [2.24, 2.45) is 0 Å². The van der Waals surface area contributed by atoms with Crippen LogP contribution >= 0.6 is 0 Å². The van der Waals surface area contributed by atoms with E-state index < -0.39 is 0 Å². The molecule has 0 saturated carbocycles. The van der Waals surface area contributed by atoms with Gasteiger partial charge in [0.15, 0.2) is 11.6 Å². The number of carbonyl (C=O) groups excluding carboxylic acids is 3. The molecule has 0 atom stereocenters. The molecule has 0 heterocycles. The van der Waals surface area contributed by atoms with Crippen molar-refractivity contribution in [2.45, 2.75) is 45.1 Å². The van der Waals surface area contributed by atoms with Gasteiger partial charge in [0.2, 0.25) is 5.91 Å². The van der Waals surface area contributed by atoms with Crippen LogP contribution in [0.4, 0.5) is 0 Å². The minimum absolute atomic E-state index is 0.0347. The lowest BCUT2D eigenvalue weighted by molar-refractivity contribution is -0.121. The molecule has 1 aliphatic rings. The molecule has 0 bridgehead atoms. The number of amides is 1. The molecule has 1 aliphatic carbocycles. The van der Waals surface area contributed by atoms with Gasteiger partial charge < -0.3 is 5.32 Å². The second kappa shape index (κ2) is 8.91. The molecule has 0 radical (unpaired) electrons. The summed E-state index contributed by atoms with van der Waals surface area (Å²) in [6.07, 6.45) is 1.98. The number of ketones is 2. The van der Waals surface area contributed by atoms with Gasteiger partial charge in [-0.05, 0) is 41.5 Å². The van der Waals surface area contributed by atoms with Crippen LogP contribution < -0.4 is 5.32 Å². The first-order valence-electron chi connectivity index (χ1n) is 11.0. The molecule has 3 aromatic rings. The van der Waals surface area contributed by atoms with Crippen molar-refractivity contribution in [3.8, 4) is 0 Å². The second-order valence-electron chi connectivity index (χ2n) is 8.96. The molecule has 32 heavy (non-hydrogen) atoms. The minimum atomic E-state index is -0.227. The molecule has 3 aromatic carbocycles. The first kappa shape index (κ1) is 21.7. The summed E-state index contributed by atoms with van der Waals surface area (Å²) >= 11 is 0. The Labute approximate surface area is 188 Å². The molecule has 0 fully saturated rings. The third kappa shape index (κ3) is 4.40. The lowest BCUT2D eigenvalue weighted by Gasteiger charge is -2.27. The van der Waals surface area contributed by atoms with E-state index in [1.807, 2.05) is 42.5 Å². The average molecular weight is 426 g/mol. The van der Waals surface area contributed by atoms with Crippen molar-refractivity contribution in [3.05, 3.63) is 106 Å². The topological polar surface area (TPSA) is 63.2 Å². The Morgan fingerprint density at radius 1 is 0.781 bits per heavy atom. The van der Waals surface area contributed by atoms with E-state index in [1.165, 1.54) is 0 Å². The molecular weight excluding hydrogens is 398 g/mol. The zero-order valence-corrected chi connectivity index (χ0v) is 18.5. The Kier molecular flexibility index (Phi) is 6.04. The normalized spacial score (nSPS) is 12.8. The number of carbonyl (C=O) groups is 3. The maximum Gasteiger partial charge on any atom is 0.220 e. The number of benzene rings is 3. The van der Waals surface area contributed by atoms with Crippen molar-refractivity contribution in [2.75, 3.05) is 0 Å². The van der Waals surface area contributed by atoms with E-state index >= 15 is 0 Å². The first-order chi connectivity index (χ1) is 15.4.